The lowest BCUT2D eigenvalue weighted by atomic mass is 10.00. The van der Waals surface area contributed by atoms with Crippen LogP contribution in [-0.4, -0.2) is 30.0 Å². The van der Waals surface area contributed by atoms with Gasteiger partial charge in [-0.1, -0.05) is 12.1 Å². The molecule has 0 bridgehead atoms. The Balaban J connectivity index is 2.01. The normalized spacial score (nSPS) is 15.1. The molecule has 0 amide bonds. The molecule has 1 aliphatic heterocycles. The second-order valence-electron chi connectivity index (χ2n) is 4.72. The predicted octanol–water partition coefficient (Wildman–Crippen LogP) is 1.98. The Bertz CT molecular complexity index is 595. The van der Waals surface area contributed by atoms with E-state index >= 15 is 0 Å². The zero-order valence-corrected chi connectivity index (χ0v) is 11.8. The zero-order chi connectivity index (χ0) is 13.9. The maximum absolute atomic E-state index is 5.80. The van der Waals surface area contributed by atoms with Gasteiger partial charge in [0, 0.05) is 23.9 Å². The highest BCUT2D eigenvalue weighted by atomic mass is 16.6. The SMILES string of the molecule is CCn1cc(C(NC)c2cccc3c2OCCO3)cn1. The van der Waals surface area contributed by atoms with Gasteiger partial charge in [0.05, 0.1) is 12.2 Å². The molecule has 0 aliphatic carbocycles. The van der Waals surface area contributed by atoms with Crippen molar-refractivity contribution in [1.29, 1.82) is 0 Å². The molecule has 0 spiro atoms. The zero-order valence-electron chi connectivity index (χ0n) is 11.8. The van der Waals surface area contributed by atoms with Crippen LogP contribution in [0.15, 0.2) is 30.6 Å². The third-order valence-corrected chi connectivity index (χ3v) is 3.51. The van der Waals surface area contributed by atoms with E-state index in [4.69, 9.17) is 9.47 Å². The highest BCUT2D eigenvalue weighted by Crippen LogP contribution is 2.38. The summed E-state index contributed by atoms with van der Waals surface area (Å²) in [6.45, 7) is 4.14. The predicted molar refractivity (Wildman–Crippen MR) is 76.2 cm³/mol. The third kappa shape index (κ3) is 2.25. The molecular weight excluding hydrogens is 254 g/mol. The molecule has 1 aliphatic rings. The van der Waals surface area contributed by atoms with Crippen LogP contribution in [-0.2, 0) is 6.54 Å². The molecule has 1 aromatic heterocycles. The van der Waals surface area contributed by atoms with Crippen LogP contribution in [0.5, 0.6) is 11.5 Å². The molecule has 1 N–H and O–H groups in total. The molecule has 5 heteroatoms. The molecule has 2 heterocycles. The summed E-state index contributed by atoms with van der Waals surface area (Å²) in [6, 6.07) is 6.06. The summed E-state index contributed by atoms with van der Waals surface area (Å²) < 4.78 is 13.4. The summed E-state index contributed by atoms with van der Waals surface area (Å²) in [5.41, 5.74) is 2.21. The van der Waals surface area contributed by atoms with E-state index in [1.807, 2.05) is 30.1 Å². The first-order valence-corrected chi connectivity index (χ1v) is 6.91. The van der Waals surface area contributed by atoms with Crippen LogP contribution in [0.25, 0.3) is 0 Å². The number of ether oxygens (including phenoxy) is 2. The Morgan fingerprint density at radius 2 is 2.20 bits per heavy atom. The van der Waals surface area contributed by atoms with Gasteiger partial charge in [0.25, 0.3) is 0 Å². The summed E-state index contributed by atoms with van der Waals surface area (Å²) in [6.07, 6.45) is 3.96. The van der Waals surface area contributed by atoms with E-state index in [-0.39, 0.29) is 6.04 Å². The second-order valence-corrected chi connectivity index (χ2v) is 4.72. The molecule has 1 atom stereocenters. The fourth-order valence-electron chi connectivity index (χ4n) is 2.53. The van der Waals surface area contributed by atoms with Crippen LogP contribution in [0.2, 0.25) is 0 Å². The van der Waals surface area contributed by atoms with Crippen molar-refractivity contribution in [2.75, 3.05) is 20.3 Å². The minimum absolute atomic E-state index is 0.0481. The van der Waals surface area contributed by atoms with Crippen LogP contribution in [0.4, 0.5) is 0 Å². The van der Waals surface area contributed by atoms with Crippen LogP contribution < -0.4 is 14.8 Å². The fourth-order valence-corrected chi connectivity index (χ4v) is 2.53. The van der Waals surface area contributed by atoms with E-state index in [2.05, 4.69) is 29.6 Å². The first-order chi connectivity index (χ1) is 9.83. The minimum atomic E-state index is 0.0481. The van der Waals surface area contributed by atoms with Gasteiger partial charge < -0.3 is 14.8 Å². The van der Waals surface area contributed by atoms with E-state index < -0.39 is 0 Å². The summed E-state index contributed by atoms with van der Waals surface area (Å²) in [5, 5.41) is 7.68. The average Bonchev–Trinajstić information content (AvgIpc) is 2.97. The number of rotatable bonds is 4. The Morgan fingerprint density at radius 1 is 1.35 bits per heavy atom. The lowest BCUT2D eigenvalue weighted by Crippen LogP contribution is -2.22. The number of aryl methyl sites for hydroxylation is 1. The molecule has 0 saturated heterocycles. The molecule has 20 heavy (non-hydrogen) atoms. The summed E-state index contributed by atoms with van der Waals surface area (Å²) >= 11 is 0. The summed E-state index contributed by atoms with van der Waals surface area (Å²) in [5.74, 6) is 1.65. The molecule has 0 radical (unpaired) electrons. The monoisotopic (exact) mass is 273 g/mol. The number of hydrogen-bond donors (Lipinski definition) is 1. The Kier molecular flexibility index (Phi) is 3.60. The summed E-state index contributed by atoms with van der Waals surface area (Å²) in [7, 11) is 1.94. The number of para-hydroxylation sites is 1. The van der Waals surface area contributed by atoms with Gasteiger partial charge in [-0.15, -0.1) is 0 Å². The van der Waals surface area contributed by atoms with E-state index in [1.54, 1.807) is 0 Å². The topological polar surface area (TPSA) is 48.3 Å². The highest BCUT2D eigenvalue weighted by molar-refractivity contribution is 5.51. The van der Waals surface area contributed by atoms with Gasteiger partial charge in [-0.25, -0.2) is 0 Å². The molecule has 5 nitrogen and oxygen atoms in total. The van der Waals surface area contributed by atoms with Crippen LogP contribution in [0.1, 0.15) is 24.1 Å². The molecule has 106 valence electrons. The number of fused-ring (bicyclic) bond motifs is 1. The van der Waals surface area contributed by atoms with Crippen LogP contribution >= 0.6 is 0 Å². The van der Waals surface area contributed by atoms with Gasteiger partial charge in [-0.05, 0) is 20.0 Å². The van der Waals surface area contributed by atoms with Crippen molar-refractivity contribution >= 4 is 0 Å². The first kappa shape index (κ1) is 13.0. The summed E-state index contributed by atoms with van der Waals surface area (Å²) in [4.78, 5) is 0. The van der Waals surface area contributed by atoms with E-state index in [0.717, 1.165) is 29.2 Å². The van der Waals surface area contributed by atoms with Gasteiger partial charge in [0.2, 0.25) is 0 Å². The van der Waals surface area contributed by atoms with Gasteiger partial charge >= 0.3 is 0 Å². The quantitative estimate of drug-likeness (QED) is 0.925. The second kappa shape index (κ2) is 5.54. The van der Waals surface area contributed by atoms with Crippen molar-refractivity contribution in [3.05, 3.63) is 41.7 Å². The largest absolute Gasteiger partial charge is 0.486 e. The molecule has 0 saturated carbocycles. The highest BCUT2D eigenvalue weighted by Gasteiger charge is 2.23. The number of aromatic nitrogens is 2. The van der Waals surface area contributed by atoms with Crippen molar-refractivity contribution < 1.29 is 9.47 Å². The standard InChI is InChI=1S/C15H19N3O2/c1-3-18-10-11(9-17-18)14(16-2)12-5-4-6-13-15(12)20-8-7-19-13/h4-6,9-10,14,16H,3,7-8H2,1-2H3. The van der Waals surface area contributed by atoms with E-state index in [1.165, 1.54) is 0 Å². The molecular formula is C15H19N3O2. The van der Waals surface area contributed by atoms with Crippen molar-refractivity contribution in [1.82, 2.24) is 15.1 Å². The maximum atomic E-state index is 5.80. The average molecular weight is 273 g/mol. The minimum Gasteiger partial charge on any atom is -0.486 e. The van der Waals surface area contributed by atoms with Crippen molar-refractivity contribution in [2.45, 2.75) is 19.5 Å². The smallest absolute Gasteiger partial charge is 0.166 e. The van der Waals surface area contributed by atoms with Crippen LogP contribution in [0.3, 0.4) is 0 Å². The third-order valence-electron chi connectivity index (χ3n) is 3.51. The fraction of sp³-hybridized carbons (Fsp3) is 0.400. The number of hydrogen-bond acceptors (Lipinski definition) is 4. The molecule has 0 fully saturated rings. The van der Waals surface area contributed by atoms with Gasteiger partial charge in [0.15, 0.2) is 11.5 Å². The van der Waals surface area contributed by atoms with Gasteiger partial charge in [-0.2, -0.15) is 5.10 Å². The molecule has 3 rings (SSSR count). The number of benzene rings is 1. The lowest BCUT2D eigenvalue weighted by Gasteiger charge is -2.24. The first-order valence-electron chi connectivity index (χ1n) is 6.91. The van der Waals surface area contributed by atoms with Crippen molar-refractivity contribution in [3.8, 4) is 11.5 Å². The van der Waals surface area contributed by atoms with E-state index in [9.17, 15) is 0 Å². The van der Waals surface area contributed by atoms with Gasteiger partial charge in [-0.3, -0.25) is 4.68 Å². The van der Waals surface area contributed by atoms with E-state index in [0.29, 0.717) is 13.2 Å². The van der Waals surface area contributed by atoms with Crippen LogP contribution in [0, 0.1) is 0 Å². The number of nitrogens with one attached hydrogen (secondary N) is 1. The lowest BCUT2D eigenvalue weighted by molar-refractivity contribution is 0.169. The Morgan fingerprint density at radius 3 is 2.95 bits per heavy atom. The molecule has 2 aromatic rings. The Labute approximate surface area is 118 Å². The van der Waals surface area contributed by atoms with Crippen molar-refractivity contribution in [3.63, 3.8) is 0 Å². The van der Waals surface area contributed by atoms with Crippen molar-refractivity contribution in [2.24, 2.45) is 0 Å². The maximum Gasteiger partial charge on any atom is 0.166 e. The molecule has 1 aromatic carbocycles. The Hall–Kier alpha value is -2.01. The number of nitrogens with zero attached hydrogens (tertiary/aromatic N) is 2. The molecule has 1 unspecified atom stereocenters. The van der Waals surface area contributed by atoms with Gasteiger partial charge in [0.1, 0.15) is 13.2 Å².